The maximum atomic E-state index is 13.2. The number of halogens is 1. The molecule has 1 aliphatic rings. The predicted octanol–water partition coefficient (Wildman–Crippen LogP) is 5.09. The van der Waals surface area contributed by atoms with Crippen molar-refractivity contribution in [3.8, 4) is 0 Å². The molecule has 0 radical (unpaired) electrons. The van der Waals surface area contributed by atoms with E-state index >= 15 is 0 Å². The summed E-state index contributed by atoms with van der Waals surface area (Å²) in [4.78, 5) is 26.3. The van der Waals surface area contributed by atoms with Crippen molar-refractivity contribution in [2.45, 2.75) is 123 Å². The van der Waals surface area contributed by atoms with Gasteiger partial charge in [-0.2, -0.15) is 0 Å². The number of carbonyl (C=O) groups excluding carboxylic acids is 2. The van der Waals surface area contributed by atoms with Gasteiger partial charge in [-0.25, -0.2) is 0 Å². The normalized spacial score (nSPS) is 37.3. The third-order valence-electron chi connectivity index (χ3n) is 6.89. The molecule has 1 aliphatic heterocycles. The number of hydrogen-bond acceptors (Lipinski definition) is 7. The highest BCUT2D eigenvalue weighted by Gasteiger charge is 2.42. The lowest BCUT2D eigenvalue weighted by molar-refractivity contribution is -0.170. The van der Waals surface area contributed by atoms with Crippen LogP contribution in [0.15, 0.2) is 10.6 Å². The van der Waals surface area contributed by atoms with E-state index < -0.39 is 41.4 Å². The van der Waals surface area contributed by atoms with E-state index in [1.54, 1.807) is 19.9 Å². The zero-order chi connectivity index (χ0) is 26.8. The van der Waals surface area contributed by atoms with Crippen LogP contribution < -0.4 is 0 Å². The van der Waals surface area contributed by atoms with Gasteiger partial charge in [0.05, 0.1) is 18.1 Å². The van der Waals surface area contributed by atoms with Crippen molar-refractivity contribution in [2.75, 3.05) is 13.2 Å². The summed E-state index contributed by atoms with van der Waals surface area (Å²) in [5.41, 5.74) is -3.11. The molecule has 1 heterocycles. The van der Waals surface area contributed by atoms with Gasteiger partial charge in [0.15, 0.2) is 5.78 Å². The minimum atomic E-state index is -1.62. The molecule has 204 valence electrons. The minimum Gasteiger partial charge on any atom is -0.459 e. The molecule has 0 amide bonds. The van der Waals surface area contributed by atoms with Gasteiger partial charge in [0.25, 0.3) is 0 Å². The highest BCUT2D eigenvalue weighted by Crippen LogP contribution is 2.34. The molecular formula is C27H47BrO7. The van der Waals surface area contributed by atoms with Gasteiger partial charge in [0, 0.05) is 24.1 Å². The molecule has 2 N–H and O–H groups in total. The second kappa shape index (κ2) is 14.8. The molecule has 7 nitrogen and oxygen atoms in total. The van der Waals surface area contributed by atoms with Crippen LogP contribution in [0, 0.1) is 11.8 Å². The third kappa shape index (κ3) is 9.54. The summed E-state index contributed by atoms with van der Waals surface area (Å²) >= 11 is 3.51. The van der Waals surface area contributed by atoms with Gasteiger partial charge in [-0.05, 0) is 58.4 Å². The van der Waals surface area contributed by atoms with Crippen LogP contribution in [0.25, 0.3) is 0 Å². The van der Waals surface area contributed by atoms with E-state index in [4.69, 9.17) is 14.2 Å². The van der Waals surface area contributed by atoms with E-state index in [-0.39, 0.29) is 24.5 Å². The highest BCUT2D eigenvalue weighted by molar-refractivity contribution is 9.11. The van der Waals surface area contributed by atoms with Crippen LogP contribution in [-0.2, 0) is 23.8 Å². The van der Waals surface area contributed by atoms with Crippen molar-refractivity contribution in [1.82, 2.24) is 0 Å². The summed E-state index contributed by atoms with van der Waals surface area (Å²) in [6, 6.07) is 0. The van der Waals surface area contributed by atoms with Gasteiger partial charge in [-0.1, -0.05) is 56.5 Å². The average molecular weight is 564 g/mol. The average Bonchev–Trinajstić information content (AvgIpc) is 2.79. The second-order valence-corrected chi connectivity index (χ2v) is 11.2. The first kappa shape index (κ1) is 32.2. The van der Waals surface area contributed by atoms with Gasteiger partial charge in [-0.3, -0.25) is 9.59 Å². The van der Waals surface area contributed by atoms with E-state index in [0.717, 1.165) is 25.7 Å². The number of cyclic esters (lactones) is 1. The van der Waals surface area contributed by atoms with Crippen LogP contribution in [0.3, 0.4) is 0 Å². The van der Waals surface area contributed by atoms with E-state index in [1.165, 1.54) is 6.92 Å². The van der Waals surface area contributed by atoms with Crippen molar-refractivity contribution < 1.29 is 34.0 Å². The van der Waals surface area contributed by atoms with Gasteiger partial charge >= 0.3 is 5.97 Å². The fourth-order valence-electron chi connectivity index (χ4n) is 4.22. The minimum absolute atomic E-state index is 0.103. The fraction of sp³-hybridized carbons (Fsp3) is 0.852. The van der Waals surface area contributed by atoms with Crippen LogP contribution in [0.4, 0.5) is 0 Å². The molecule has 0 saturated heterocycles. The standard InChI is InChI=1S/C27H47BrO7/c1-8-11-13-33-20-15-22(28)27(7,32)24(10-3)35-25(30)19(5)21(34-14-12-9-2)16-23(29)26(6,31)17-18(20)4/h15,18-21,24,31-32H,8-14,16-17H2,1-7H3/b22-15-/t18-,19-,20-,21+,24-,26-,27+/m1/s1. The number of aliphatic hydroxyl groups is 2. The fourth-order valence-corrected chi connectivity index (χ4v) is 4.74. The largest absolute Gasteiger partial charge is 0.459 e. The Balaban J connectivity index is 3.45. The summed E-state index contributed by atoms with van der Waals surface area (Å²) in [7, 11) is 0. The first-order chi connectivity index (χ1) is 16.3. The van der Waals surface area contributed by atoms with Crippen LogP contribution in [0.2, 0.25) is 0 Å². The Bertz CT molecular complexity index is 704. The Hall–Kier alpha value is -0.800. The van der Waals surface area contributed by atoms with Crippen molar-refractivity contribution in [1.29, 1.82) is 0 Å². The molecule has 35 heavy (non-hydrogen) atoms. The lowest BCUT2D eigenvalue weighted by atomic mass is 9.82. The maximum Gasteiger partial charge on any atom is 0.311 e. The quantitative estimate of drug-likeness (QED) is 0.298. The Morgan fingerprint density at radius 2 is 1.63 bits per heavy atom. The van der Waals surface area contributed by atoms with Crippen LogP contribution in [0.1, 0.15) is 93.4 Å². The molecule has 8 heteroatoms. The summed E-state index contributed by atoms with van der Waals surface area (Å²) in [5.74, 6) is -1.90. The molecule has 0 saturated carbocycles. The van der Waals surface area contributed by atoms with Crippen LogP contribution in [0.5, 0.6) is 0 Å². The SMILES string of the molecule is CCCCO[C@H]1CC(=O)[C@](C)(O)C[C@@H](C)[C@H](OCCCC)/C=C(\Br)[C@](C)(O)[C@@H](CC)OC(=O)[C@@H]1C. The van der Waals surface area contributed by atoms with E-state index in [1.807, 2.05) is 20.8 Å². The number of Topliss-reactive ketones (excluding diaryl/α,β-unsaturated/α-hetero) is 1. The van der Waals surface area contributed by atoms with Gasteiger partial charge in [0.1, 0.15) is 17.3 Å². The molecule has 0 bridgehead atoms. The van der Waals surface area contributed by atoms with E-state index in [9.17, 15) is 19.8 Å². The first-order valence-corrected chi connectivity index (χ1v) is 13.9. The molecule has 0 aromatic carbocycles. The van der Waals surface area contributed by atoms with E-state index in [2.05, 4.69) is 22.9 Å². The van der Waals surface area contributed by atoms with Gasteiger partial charge in [-0.15, -0.1) is 0 Å². The molecule has 0 aromatic heterocycles. The molecule has 0 aromatic rings. The van der Waals surface area contributed by atoms with Crippen molar-refractivity contribution in [2.24, 2.45) is 11.8 Å². The van der Waals surface area contributed by atoms with Gasteiger partial charge in [0.2, 0.25) is 0 Å². The number of esters is 1. The summed E-state index contributed by atoms with van der Waals surface area (Å²) in [6.07, 6.45) is 3.74. The highest BCUT2D eigenvalue weighted by atomic mass is 79.9. The van der Waals surface area contributed by atoms with Crippen molar-refractivity contribution >= 4 is 27.7 Å². The summed E-state index contributed by atoms with van der Waals surface area (Å²) in [6.45, 7) is 13.6. The molecule has 0 unspecified atom stereocenters. The maximum absolute atomic E-state index is 13.2. The lowest BCUT2D eigenvalue weighted by Crippen LogP contribution is -2.47. The summed E-state index contributed by atoms with van der Waals surface area (Å²) in [5, 5.41) is 22.5. The molecular weight excluding hydrogens is 516 g/mol. The lowest BCUT2D eigenvalue weighted by Gasteiger charge is -2.36. The molecule has 0 spiro atoms. The number of ether oxygens (including phenoxy) is 3. The van der Waals surface area contributed by atoms with Crippen LogP contribution >= 0.6 is 15.9 Å². The van der Waals surface area contributed by atoms with Crippen molar-refractivity contribution in [3.05, 3.63) is 10.6 Å². The smallest absolute Gasteiger partial charge is 0.311 e. The zero-order valence-corrected chi connectivity index (χ0v) is 24.2. The van der Waals surface area contributed by atoms with Gasteiger partial charge < -0.3 is 24.4 Å². The van der Waals surface area contributed by atoms with Crippen molar-refractivity contribution in [3.63, 3.8) is 0 Å². The van der Waals surface area contributed by atoms with Crippen LogP contribution in [-0.4, -0.2) is 64.7 Å². The Morgan fingerprint density at radius 1 is 1.06 bits per heavy atom. The third-order valence-corrected chi connectivity index (χ3v) is 7.95. The summed E-state index contributed by atoms with van der Waals surface area (Å²) < 4.78 is 18.3. The molecule has 1 rings (SSSR count). The molecule has 7 atom stereocenters. The number of unbranched alkanes of at least 4 members (excludes halogenated alkanes) is 2. The topological polar surface area (TPSA) is 102 Å². The predicted molar refractivity (Wildman–Crippen MR) is 140 cm³/mol. The molecule has 0 fully saturated rings. The second-order valence-electron chi connectivity index (χ2n) is 10.3. The number of hydrogen-bond donors (Lipinski definition) is 2. The Labute approximate surface area is 220 Å². The first-order valence-electron chi connectivity index (χ1n) is 13.1. The number of rotatable bonds is 9. The van der Waals surface area contributed by atoms with E-state index in [0.29, 0.717) is 24.1 Å². The molecule has 0 aliphatic carbocycles. The Morgan fingerprint density at radius 3 is 2.17 bits per heavy atom. The monoisotopic (exact) mass is 562 g/mol. The number of ketones is 1. The Kier molecular flexibility index (Phi) is 13.6. The zero-order valence-electron chi connectivity index (χ0n) is 22.6. The number of carbonyl (C=O) groups is 2.